The zero-order valence-electron chi connectivity index (χ0n) is 37.9. The molecular weight excluding hydrogens is 846 g/mol. The molecule has 5 aromatic rings. The molecule has 2 aliphatic heterocycles. The van der Waals surface area contributed by atoms with Gasteiger partial charge in [-0.05, 0) is 81.7 Å². The number of amides is 4. The highest BCUT2D eigenvalue weighted by atomic mass is 19.1. The molecule has 19 heteroatoms. The number of ether oxygens (including phenoxy) is 1. The van der Waals surface area contributed by atoms with Crippen LogP contribution in [-0.2, 0) is 30.3 Å². The van der Waals surface area contributed by atoms with Crippen molar-refractivity contribution in [3.8, 4) is 5.82 Å². The van der Waals surface area contributed by atoms with Gasteiger partial charge in [0.15, 0.2) is 17.5 Å². The lowest BCUT2D eigenvalue weighted by Crippen LogP contribution is -2.55. The van der Waals surface area contributed by atoms with Crippen molar-refractivity contribution < 1.29 is 28.3 Å². The number of nitrogens with one attached hydrogen (secondary N) is 6. The number of benzene rings is 1. The van der Waals surface area contributed by atoms with Crippen LogP contribution in [-0.4, -0.2) is 97.4 Å². The van der Waals surface area contributed by atoms with E-state index in [1.807, 2.05) is 56.3 Å². The van der Waals surface area contributed by atoms with Gasteiger partial charge in [-0.1, -0.05) is 31.0 Å². The van der Waals surface area contributed by atoms with Crippen molar-refractivity contribution in [1.29, 1.82) is 0 Å². The van der Waals surface area contributed by atoms with E-state index in [1.54, 1.807) is 19.4 Å². The lowest BCUT2D eigenvalue weighted by Gasteiger charge is -2.40. The SMILES string of the molecule is COC1(C(=O)N[C@@H](C)c2ccc(-n3cc(F)cn3)nc2)CCN(c2nc(CCCCNC(=O)CCCCCCNc3ccc(C4CCC(=O)NC4=O)cc3)cc(Nc3cc(C)[nH]n3)n2)CC1. The number of piperidine rings is 2. The number of nitrogens with zero attached hydrogens (tertiary/aromatic N) is 7. The summed E-state index contributed by atoms with van der Waals surface area (Å²) in [6, 6.07) is 14.8. The summed E-state index contributed by atoms with van der Waals surface area (Å²) >= 11 is 0. The first-order valence-electron chi connectivity index (χ1n) is 22.9. The summed E-state index contributed by atoms with van der Waals surface area (Å²) in [6.45, 7) is 6.19. The highest BCUT2D eigenvalue weighted by Crippen LogP contribution is 2.31. The maximum absolute atomic E-state index is 13.8. The first-order chi connectivity index (χ1) is 32.0. The summed E-state index contributed by atoms with van der Waals surface area (Å²) in [5.74, 6) is 0.937. The Balaban J connectivity index is 0.822. The first-order valence-corrected chi connectivity index (χ1v) is 22.9. The van der Waals surface area contributed by atoms with Gasteiger partial charge in [-0.25, -0.2) is 19.0 Å². The summed E-state index contributed by atoms with van der Waals surface area (Å²) in [4.78, 5) is 66.2. The first kappa shape index (κ1) is 47.2. The average molecular weight is 906 g/mol. The number of rotatable bonds is 22. The van der Waals surface area contributed by atoms with Crippen LogP contribution in [0.25, 0.3) is 5.82 Å². The zero-order chi connectivity index (χ0) is 46.5. The van der Waals surface area contributed by atoms with Crippen LogP contribution in [0, 0.1) is 12.7 Å². The van der Waals surface area contributed by atoms with Crippen LogP contribution in [0.3, 0.4) is 0 Å². The molecule has 18 nitrogen and oxygen atoms in total. The van der Waals surface area contributed by atoms with Crippen LogP contribution in [0.4, 0.5) is 27.7 Å². The van der Waals surface area contributed by atoms with Gasteiger partial charge in [-0.2, -0.15) is 15.2 Å². The standard InChI is InChI=1S/C47H60FN13O5/c1-31-26-40(59-58-31)55-39-27-37(10-7-9-23-50-42(62)11-6-4-5-8-22-49-36-15-12-33(13-16-36)38-17-19-43(63)57-44(38)64)54-46(56-39)60-24-20-47(66-3,21-25-60)45(65)53-32(2)34-14-18-41(51-28-34)61-30-35(48)29-52-61/h12-16,18,26-30,32,38,49H,4-11,17,19-25H2,1-3H3,(H,50,62)(H,53,65)(H,57,63,64)(H2,54,55,56,58,59)/t32-,38?/m0/s1. The predicted octanol–water partition coefficient (Wildman–Crippen LogP) is 5.86. The minimum atomic E-state index is -1.05. The lowest BCUT2D eigenvalue weighted by molar-refractivity contribution is -0.146. The van der Waals surface area contributed by atoms with Gasteiger partial charge in [0.1, 0.15) is 11.4 Å². The molecule has 4 amide bonds. The third-order valence-electron chi connectivity index (χ3n) is 12.2. The van der Waals surface area contributed by atoms with Crippen molar-refractivity contribution >= 4 is 46.9 Å². The lowest BCUT2D eigenvalue weighted by atomic mass is 9.89. The van der Waals surface area contributed by atoms with Gasteiger partial charge < -0.3 is 30.9 Å². The van der Waals surface area contributed by atoms with Crippen molar-refractivity contribution in [1.82, 2.24) is 50.9 Å². The van der Waals surface area contributed by atoms with Crippen LogP contribution >= 0.6 is 0 Å². The van der Waals surface area contributed by atoms with Gasteiger partial charge in [-0.15, -0.1) is 0 Å². The molecule has 6 N–H and O–H groups in total. The molecule has 66 heavy (non-hydrogen) atoms. The number of carbonyl (C=O) groups excluding carboxylic acids is 4. The maximum atomic E-state index is 13.8. The number of imide groups is 1. The van der Waals surface area contributed by atoms with Gasteiger partial charge in [0.05, 0.1) is 24.4 Å². The fourth-order valence-electron chi connectivity index (χ4n) is 8.24. The normalized spacial score (nSPS) is 16.4. The van der Waals surface area contributed by atoms with Crippen molar-refractivity contribution in [2.75, 3.05) is 48.8 Å². The van der Waals surface area contributed by atoms with Crippen LogP contribution in [0.1, 0.15) is 112 Å². The smallest absolute Gasteiger partial charge is 0.252 e. The number of unbranched alkanes of at least 4 members (excludes halogenated alkanes) is 4. The Labute approximate surface area is 383 Å². The van der Waals surface area contributed by atoms with E-state index in [0.29, 0.717) is 81.6 Å². The van der Waals surface area contributed by atoms with E-state index in [0.717, 1.165) is 79.5 Å². The van der Waals surface area contributed by atoms with Gasteiger partial charge in [0.25, 0.3) is 5.91 Å². The van der Waals surface area contributed by atoms with E-state index in [-0.39, 0.29) is 35.6 Å². The molecule has 2 aliphatic rings. The average Bonchev–Trinajstić information content (AvgIpc) is 3.95. The molecule has 350 valence electrons. The molecule has 0 radical (unpaired) electrons. The molecular formula is C47H60FN13O5. The summed E-state index contributed by atoms with van der Waals surface area (Å²) in [5, 5.41) is 26.5. The number of hydrogen-bond donors (Lipinski definition) is 6. The van der Waals surface area contributed by atoms with Gasteiger partial charge in [-0.3, -0.25) is 29.6 Å². The largest absolute Gasteiger partial charge is 0.385 e. The molecule has 0 bridgehead atoms. The van der Waals surface area contributed by atoms with E-state index in [1.165, 1.54) is 10.9 Å². The third-order valence-corrected chi connectivity index (χ3v) is 12.2. The van der Waals surface area contributed by atoms with Crippen molar-refractivity contribution in [2.24, 2.45) is 0 Å². The van der Waals surface area contributed by atoms with Crippen molar-refractivity contribution in [3.05, 3.63) is 95.5 Å². The Kier molecular flexibility index (Phi) is 16.0. The van der Waals surface area contributed by atoms with Crippen LogP contribution in [0.15, 0.2) is 67.1 Å². The van der Waals surface area contributed by atoms with Gasteiger partial charge in [0.2, 0.25) is 23.7 Å². The minimum Gasteiger partial charge on any atom is -0.385 e. The molecule has 2 fully saturated rings. The molecule has 2 atom stereocenters. The molecule has 0 spiro atoms. The van der Waals surface area contributed by atoms with Crippen LogP contribution < -0.4 is 31.5 Å². The Morgan fingerprint density at radius 1 is 0.955 bits per heavy atom. The van der Waals surface area contributed by atoms with E-state index in [9.17, 15) is 23.6 Å². The number of hydrogen-bond acceptors (Lipinski definition) is 13. The van der Waals surface area contributed by atoms with Crippen molar-refractivity contribution in [3.63, 3.8) is 0 Å². The number of aryl methyl sites for hydroxylation is 2. The Morgan fingerprint density at radius 3 is 2.44 bits per heavy atom. The van der Waals surface area contributed by atoms with Crippen molar-refractivity contribution in [2.45, 2.75) is 108 Å². The molecule has 1 aromatic carbocycles. The van der Waals surface area contributed by atoms with E-state index >= 15 is 0 Å². The van der Waals surface area contributed by atoms with Crippen LogP contribution in [0.2, 0.25) is 0 Å². The topological polar surface area (TPSA) is 226 Å². The summed E-state index contributed by atoms with van der Waals surface area (Å²) < 4.78 is 20.7. The zero-order valence-corrected chi connectivity index (χ0v) is 37.9. The quantitative estimate of drug-likeness (QED) is 0.0354. The van der Waals surface area contributed by atoms with Gasteiger partial charge in [0, 0.05) is 94.4 Å². The van der Waals surface area contributed by atoms with E-state index < -0.39 is 11.4 Å². The number of pyridine rings is 1. The molecule has 1 unspecified atom stereocenters. The Morgan fingerprint density at radius 2 is 1.74 bits per heavy atom. The molecule has 0 aliphatic carbocycles. The number of halogens is 1. The molecule has 6 heterocycles. The maximum Gasteiger partial charge on any atom is 0.252 e. The summed E-state index contributed by atoms with van der Waals surface area (Å²) in [5.41, 5.74) is 3.41. The summed E-state index contributed by atoms with van der Waals surface area (Å²) in [7, 11) is 1.56. The second-order valence-electron chi connectivity index (χ2n) is 17.1. The minimum absolute atomic E-state index is 0.0607. The van der Waals surface area contributed by atoms with E-state index in [2.05, 4.69) is 51.8 Å². The highest BCUT2D eigenvalue weighted by Gasteiger charge is 2.43. The van der Waals surface area contributed by atoms with Crippen LogP contribution in [0.5, 0.6) is 0 Å². The molecule has 0 saturated carbocycles. The number of carbonyl (C=O) groups is 4. The number of aromatic nitrogens is 7. The van der Waals surface area contributed by atoms with Gasteiger partial charge >= 0.3 is 0 Å². The highest BCUT2D eigenvalue weighted by molar-refractivity contribution is 6.01. The number of aromatic amines is 1. The number of methoxy groups -OCH3 is 1. The number of H-pyrrole nitrogens is 1. The summed E-state index contributed by atoms with van der Waals surface area (Å²) in [6.07, 6.45) is 12.3. The predicted molar refractivity (Wildman–Crippen MR) is 247 cm³/mol. The molecule has 7 rings (SSSR count). The fraction of sp³-hybridized carbons (Fsp3) is 0.468. The fourth-order valence-corrected chi connectivity index (χ4v) is 8.24. The van der Waals surface area contributed by atoms with E-state index in [4.69, 9.17) is 14.7 Å². The Hall–Kier alpha value is -6.76. The Bertz CT molecular complexity index is 2410. The second kappa shape index (κ2) is 22.4. The monoisotopic (exact) mass is 905 g/mol. The third kappa shape index (κ3) is 12.7. The number of anilines is 4. The molecule has 2 saturated heterocycles. The second-order valence-corrected chi connectivity index (χ2v) is 17.1. The molecule has 4 aromatic heterocycles.